The predicted octanol–water partition coefficient (Wildman–Crippen LogP) is 2.17. The fourth-order valence-corrected chi connectivity index (χ4v) is 2.85. The van der Waals surface area contributed by atoms with Crippen molar-refractivity contribution in [3.63, 3.8) is 0 Å². The number of rotatable bonds is 6. The maximum Gasteiger partial charge on any atom is 0.228 e. The van der Waals surface area contributed by atoms with E-state index in [4.69, 9.17) is 0 Å². The van der Waals surface area contributed by atoms with Gasteiger partial charge in [-0.2, -0.15) is 0 Å². The minimum Gasteiger partial charge on any atom is -0.396 e. The van der Waals surface area contributed by atoms with E-state index in [1.165, 1.54) is 18.2 Å². The maximum atomic E-state index is 13.3. The molecule has 0 aromatic heterocycles. The minimum atomic E-state index is -0.635. The van der Waals surface area contributed by atoms with Gasteiger partial charge in [-0.15, -0.1) is 0 Å². The van der Waals surface area contributed by atoms with Gasteiger partial charge in [0.1, 0.15) is 5.82 Å². The number of halogens is 1. The number of aliphatic hydroxyl groups is 1. The molecule has 0 radical (unpaired) electrons. The molecule has 0 fully saturated rings. The Bertz CT molecular complexity index is 591. The van der Waals surface area contributed by atoms with Gasteiger partial charge in [0.25, 0.3) is 0 Å². The van der Waals surface area contributed by atoms with Gasteiger partial charge >= 0.3 is 0 Å². The van der Waals surface area contributed by atoms with E-state index in [1.807, 2.05) is 13.8 Å². The van der Waals surface area contributed by atoms with E-state index in [2.05, 4.69) is 10.6 Å². The summed E-state index contributed by atoms with van der Waals surface area (Å²) in [4.78, 5) is 24.3. The smallest absolute Gasteiger partial charge is 0.228 e. The molecule has 126 valence electrons. The molecular formula is C17H23FN2O3. The van der Waals surface area contributed by atoms with E-state index in [0.29, 0.717) is 17.8 Å². The highest BCUT2D eigenvalue weighted by Gasteiger charge is 2.33. The summed E-state index contributed by atoms with van der Waals surface area (Å²) >= 11 is 0. The number of anilines is 1. The molecule has 0 spiro atoms. The number of nitrogens with one attached hydrogen (secondary N) is 2. The summed E-state index contributed by atoms with van der Waals surface area (Å²) < 4.78 is 13.3. The summed E-state index contributed by atoms with van der Waals surface area (Å²) in [5, 5.41) is 15.0. The maximum absolute atomic E-state index is 13.3. The second-order valence-electron chi connectivity index (χ2n) is 6.12. The van der Waals surface area contributed by atoms with Crippen molar-refractivity contribution in [2.75, 3.05) is 18.5 Å². The third-order valence-electron chi connectivity index (χ3n) is 4.84. The molecular weight excluding hydrogens is 299 g/mol. The molecule has 1 aromatic rings. The molecule has 5 nitrogen and oxygen atoms in total. The largest absolute Gasteiger partial charge is 0.396 e. The van der Waals surface area contributed by atoms with Crippen LogP contribution in [-0.4, -0.2) is 30.1 Å². The van der Waals surface area contributed by atoms with Crippen LogP contribution in [-0.2, 0) is 9.59 Å². The lowest BCUT2D eigenvalue weighted by molar-refractivity contribution is -0.126. The fraction of sp³-hybridized carbons (Fsp3) is 0.529. The summed E-state index contributed by atoms with van der Waals surface area (Å²) in [7, 11) is 0. The molecule has 2 amide bonds. The quantitative estimate of drug-likeness (QED) is 0.751. The standard InChI is InChI=1S/C17H23FN2O3/c1-3-17(4-2,10-21)9-19-16(23)13-8-15(22)20-14-7-11(18)5-6-12(13)14/h5-7,13,21H,3-4,8-10H2,1-2H3,(H,19,23)(H,20,22). The number of fused-ring (bicyclic) bond motifs is 1. The van der Waals surface area contributed by atoms with E-state index in [9.17, 15) is 19.1 Å². The van der Waals surface area contributed by atoms with Crippen molar-refractivity contribution < 1.29 is 19.1 Å². The third-order valence-corrected chi connectivity index (χ3v) is 4.84. The van der Waals surface area contributed by atoms with Crippen molar-refractivity contribution in [2.24, 2.45) is 5.41 Å². The van der Waals surface area contributed by atoms with Crippen molar-refractivity contribution in [2.45, 2.75) is 39.0 Å². The Morgan fingerprint density at radius 3 is 2.74 bits per heavy atom. The zero-order valence-electron chi connectivity index (χ0n) is 13.5. The Labute approximate surface area is 135 Å². The average Bonchev–Trinajstić information content (AvgIpc) is 2.55. The van der Waals surface area contributed by atoms with Crippen molar-refractivity contribution in [1.82, 2.24) is 5.32 Å². The van der Waals surface area contributed by atoms with Crippen molar-refractivity contribution >= 4 is 17.5 Å². The normalized spacial score (nSPS) is 17.4. The van der Waals surface area contributed by atoms with Gasteiger partial charge in [0, 0.05) is 24.1 Å². The van der Waals surface area contributed by atoms with Gasteiger partial charge < -0.3 is 15.7 Å². The van der Waals surface area contributed by atoms with Gasteiger partial charge in [-0.05, 0) is 30.5 Å². The lowest BCUT2D eigenvalue weighted by Gasteiger charge is -2.31. The Kier molecular flexibility index (Phi) is 5.36. The fourth-order valence-electron chi connectivity index (χ4n) is 2.85. The molecule has 6 heteroatoms. The molecule has 1 aliphatic heterocycles. The summed E-state index contributed by atoms with van der Waals surface area (Å²) in [6, 6.07) is 4.04. The van der Waals surface area contributed by atoms with Crippen LogP contribution in [0.15, 0.2) is 18.2 Å². The third kappa shape index (κ3) is 3.69. The molecule has 0 bridgehead atoms. The van der Waals surface area contributed by atoms with Crippen LogP contribution in [0.25, 0.3) is 0 Å². The van der Waals surface area contributed by atoms with Gasteiger partial charge in [0.2, 0.25) is 11.8 Å². The molecule has 2 rings (SSSR count). The van der Waals surface area contributed by atoms with Gasteiger partial charge in [0.15, 0.2) is 0 Å². The van der Waals surface area contributed by atoms with Crippen LogP contribution in [0.2, 0.25) is 0 Å². The molecule has 0 aliphatic carbocycles. The zero-order chi connectivity index (χ0) is 17.0. The molecule has 1 unspecified atom stereocenters. The van der Waals surface area contributed by atoms with Crippen LogP contribution in [0, 0.1) is 11.2 Å². The molecule has 1 atom stereocenters. The first-order chi connectivity index (χ1) is 10.9. The van der Waals surface area contributed by atoms with Gasteiger partial charge in [-0.1, -0.05) is 19.9 Å². The highest BCUT2D eigenvalue weighted by Crippen LogP contribution is 2.33. The van der Waals surface area contributed by atoms with Crippen molar-refractivity contribution in [1.29, 1.82) is 0 Å². The van der Waals surface area contributed by atoms with Crippen LogP contribution < -0.4 is 10.6 Å². The van der Waals surface area contributed by atoms with Crippen LogP contribution in [0.1, 0.15) is 44.6 Å². The van der Waals surface area contributed by atoms with E-state index >= 15 is 0 Å². The summed E-state index contributed by atoms with van der Waals surface area (Å²) in [6.07, 6.45) is 1.52. The SMILES string of the molecule is CCC(CC)(CO)CNC(=O)C1CC(=O)Nc2cc(F)ccc21. The zero-order valence-corrected chi connectivity index (χ0v) is 13.5. The molecule has 3 N–H and O–H groups in total. The van der Waals surface area contributed by atoms with Crippen LogP contribution >= 0.6 is 0 Å². The Hall–Kier alpha value is -1.95. The van der Waals surface area contributed by atoms with E-state index in [0.717, 1.165) is 12.8 Å². The van der Waals surface area contributed by atoms with E-state index in [-0.39, 0.29) is 30.3 Å². The second-order valence-corrected chi connectivity index (χ2v) is 6.12. The number of benzene rings is 1. The Morgan fingerprint density at radius 1 is 1.43 bits per heavy atom. The molecule has 23 heavy (non-hydrogen) atoms. The second kappa shape index (κ2) is 7.08. The first kappa shape index (κ1) is 17.4. The van der Waals surface area contributed by atoms with Crippen LogP contribution in [0.5, 0.6) is 0 Å². The van der Waals surface area contributed by atoms with Gasteiger partial charge in [-0.25, -0.2) is 4.39 Å². The molecule has 0 saturated carbocycles. The lowest BCUT2D eigenvalue weighted by atomic mass is 9.82. The summed E-state index contributed by atoms with van der Waals surface area (Å²) in [6.45, 7) is 4.28. The number of hydrogen-bond donors (Lipinski definition) is 3. The number of amides is 2. The van der Waals surface area contributed by atoms with Crippen LogP contribution in [0.3, 0.4) is 0 Å². The van der Waals surface area contributed by atoms with Gasteiger partial charge in [-0.3, -0.25) is 9.59 Å². The summed E-state index contributed by atoms with van der Waals surface area (Å²) in [5.41, 5.74) is 0.616. The molecule has 1 aliphatic rings. The number of aliphatic hydroxyl groups excluding tert-OH is 1. The highest BCUT2D eigenvalue weighted by molar-refractivity contribution is 6.01. The topological polar surface area (TPSA) is 78.4 Å². The monoisotopic (exact) mass is 322 g/mol. The number of carbonyl (C=O) groups excluding carboxylic acids is 2. The first-order valence-corrected chi connectivity index (χ1v) is 7.92. The van der Waals surface area contributed by atoms with Crippen molar-refractivity contribution in [3.8, 4) is 0 Å². The lowest BCUT2D eigenvalue weighted by Crippen LogP contribution is -2.42. The Morgan fingerprint density at radius 2 is 2.13 bits per heavy atom. The Balaban J connectivity index is 2.16. The summed E-state index contributed by atoms with van der Waals surface area (Å²) in [5.74, 6) is -1.67. The van der Waals surface area contributed by atoms with Crippen LogP contribution in [0.4, 0.5) is 10.1 Å². The van der Waals surface area contributed by atoms with Gasteiger partial charge in [0.05, 0.1) is 12.5 Å². The van der Waals surface area contributed by atoms with E-state index < -0.39 is 11.7 Å². The predicted molar refractivity (Wildman–Crippen MR) is 85.5 cm³/mol. The molecule has 1 aromatic carbocycles. The average molecular weight is 322 g/mol. The number of carbonyl (C=O) groups is 2. The number of hydrogen-bond acceptors (Lipinski definition) is 3. The highest BCUT2D eigenvalue weighted by atomic mass is 19.1. The van der Waals surface area contributed by atoms with E-state index in [1.54, 1.807) is 0 Å². The van der Waals surface area contributed by atoms with Crippen molar-refractivity contribution in [3.05, 3.63) is 29.6 Å². The first-order valence-electron chi connectivity index (χ1n) is 7.92. The molecule has 1 heterocycles. The molecule has 0 saturated heterocycles. The minimum absolute atomic E-state index is 0.00672.